The van der Waals surface area contributed by atoms with Gasteiger partial charge in [-0.3, -0.25) is 24.1 Å². The minimum Gasteiger partial charge on any atom is -0.350 e. The van der Waals surface area contributed by atoms with Crippen LogP contribution >= 0.6 is 34.9 Å². The Kier molecular flexibility index (Phi) is 5.98. The molecule has 7 nitrogen and oxygen atoms in total. The Labute approximate surface area is 185 Å². The second kappa shape index (κ2) is 8.66. The highest BCUT2D eigenvalue weighted by Crippen LogP contribution is 2.36. The zero-order valence-electron chi connectivity index (χ0n) is 15.8. The number of benzene rings is 1. The molecule has 2 N–H and O–H groups in total. The summed E-state index contributed by atoms with van der Waals surface area (Å²) in [5, 5.41) is 6.89. The first-order valence-electron chi connectivity index (χ1n) is 9.11. The molecule has 1 unspecified atom stereocenters. The van der Waals surface area contributed by atoms with Crippen molar-refractivity contribution in [2.75, 3.05) is 18.4 Å². The Morgan fingerprint density at radius 3 is 2.87 bits per heavy atom. The number of thioether (sulfide) groups is 2. The quantitative estimate of drug-likeness (QED) is 0.663. The second-order valence-corrected chi connectivity index (χ2v) is 9.92. The lowest BCUT2D eigenvalue weighted by Crippen LogP contribution is -2.37. The Hall–Kier alpha value is -2.56. The van der Waals surface area contributed by atoms with E-state index in [1.54, 1.807) is 24.3 Å². The van der Waals surface area contributed by atoms with Gasteiger partial charge in [-0.2, -0.15) is 0 Å². The monoisotopic (exact) mass is 459 g/mol. The van der Waals surface area contributed by atoms with E-state index in [1.165, 1.54) is 23.1 Å². The molecule has 4 amide bonds. The van der Waals surface area contributed by atoms with Crippen molar-refractivity contribution in [1.82, 2.24) is 10.2 Å². The summed E-state index contributed by atoms with van der Waals surface area (Å²) in [6, 6.07) is 8.87. The third-order valence-electron chi connectivity index (χ3n) is 4.48. The van der Waals surface area contributed by atoms with E-state index in [0.717, 1.165) is 26.4 Å². The van der Waals surface area contributed by atoms with Crippen molar-refractivity contribution in [3.8, 4) is 0 Å². The van der Waals surface area contributed by atoms with Crippen LogP contribution in [0.15, 0.2) is 45.5 Å². The highest BCUT2D eigenvalue weighted by atomic mass is 32.2. The molecule has 1 atom stereocenters. The predicted octanol–water partition coefficient (Wildman–Crippen LogP) is 3.65. The second-order valence-electron chi connectivity index (χ2n) is 6.56. The third-order valence-corrected chi connectivity index (χ3v) is 7.39. The van der Waals surface area contributed by atoms with Crippen LogP contribution in [0.1, 0.15) is 22.2 Å². The lowest BCUT2D eigenvalue weighted by atomic mass is 10.1. The largest absolute Gasteiger partial charge is 0.350 e. The summed E-state index contributed by atoms with van der Waals surface area (Å²) in [5.74, 6) is -0.785. The molecule has 2 aromatic rings. The molecule has 30 heavy (non-hydrogen) atoms. The summed E-state index contributed by atoms with van der Waals surface area (Å²) in [6.45, 7) is 2.05. The molecule has 10 heteroatoms. The van der Waals surface area contributed by atoms with Gasteiger partial charge in [-0.25, -0.2) is 0 Å². The number of amides is 4. The topological polar surface area (TPSA) is 95.6 Å². The van der Waals surface area contributed by atoms with Crippen molar-refractivity contribution in [2.24, 2.45) is 0 Å². The summed E-state index contributed by atoms with van der Waals surface area (Å²) in [4.78, 5) is 52.3. The smallest absolute Gasteiger partial charge is 0.293 e. The zero-order valence-corrected chi connectivity index (χ0v) is 18.3. The molecule has 3 heterocycles. The van der Waals surface area contributed by atoms with Crippen molar-refractivity contribution >= 4 is 69.6 Å². The number of imide groups is 1. The standard InChI is InChI=1S/C20H17N3O4S3/c1-11-17(24)22-14-9-12(4-5-15(14)29-11)18(25)21-6-7-23-19(26)16(30-20(23)27)10-13-3-2-8-28-13/h2-5,8-11H,6-7H2,1H3,(H,21,25)(H,22,24)/b16-10-. The molecule has 2 aliphatic heterocycles. The molecule has 0 radical (unpaired) electrons. The number of fused-ring (bicyclic) bond motifs is 1. The predicted molar refractivity (Wildman–Crippen MR) is 120 cm³/mol. The van der Waals surface area contributed by atoms with Gasteiger partial charge < -0.3 is 10.6 Å². The van der Waals surface area contributed by atoms with Crippen LogP contribution in [0, 0.1) is 0 Å². The fraction of sp³-hybridized carbons (Fsp3) is 0.200. The molecule has 0 spiro atoms. The normalized spacial score (nSPS) is 19.8. The first-order valence-corrected chi connectivity index (χ1v) is 11.7. The molecule has 1 aromatic heterocycles. The minimum absolute atomic E-state index is 0.0905. The molecule has 1 fully saturated rings. The van der Waals surface area contributed by atoms with Crippen molar-refractivity contribution in [1.29, 1.82) is 0 Å². The van der Waals surface area contributed by atoms with Gasteiger partial charge in [-0.1, -0.05) is 6.07 Å². The van der Waals surface area contributed by atoms with Gasteiger partial charge in [-0.05, 0) is 54.4 Å². The van der Waals surface area contributed by atoms with Crippen LogP contribution in [0.2, 0.25) is 0 Å². The maximum atomic E-state index is 12.5. The first kappa shape index (κ1) is 20.7. The van der Waals surface area contributed by atoms with Crippen molar-refractivity contribution in [3.63, 3.8) is 0 Å². The summed E-state index contributed by atoms with van der Waals surface area (Å²) in [5.41, 5.74) is 1.01. The van der Waals surface area contributed by atoms with Gasteiger partial charge in [0.25, 0.3) is 17.1 Å². The zero-order chi connectivity index (χ0) is 21.3. The number of carbonyl (C=O) groups is 4. The lowest BCUT2D eigenvalue weighted by molar-refractivity contribution is -0.122. The Morgan fingerprint density at radius 2 is 2.10 bits per heavy atom. The summed E-state index contributed by atoms with van der Waals surface area (Å²) >= 11 is 3.83. The Bertz CT molecular complexity index is 1070. The van der Waals surface area contributed by atoms with Crippen LogP contribution in [0.4, 0.5) is 10.5 Å². The number of hydrogen-bond donors (Lipinski definition) is 2. The van der Waals surface area contributed by atoms with Gasteiger partial charge in [0.1, 0.15) is 0 Å². The van der Waals surface area contributed by atoms with Crippen molar-refractivity contribution in [2.45, 2.75) is 17.1 Å². The number of hydrogen-bond acceptors (Lipinski definition) is 7. The fourth-order valence-corrected chi connectivity index (χ4v) is 5.45. The average Bonchev–Trinajstić information content (AvgIpc) is 3.32. The number of nitrogens with one attached hydrogen (secondary N) is 2. The number of carbonyl (C=O) groups excluding carboxylic acids is 4. The van der Waals surface area contributed by atoms with Crippen LogP contribution in [0.5, 0.6) is 0 Å². The van der Waals surface area contributed by atoms with Crippen LogP contribution in [0.3, 0.4) is 0 Å². The third kappa shape index (κ3) is 4.30. The highest BCUT2D eigenvalue weighted by Gasteiger charge is 2.34. The number of thiophene rings is 1. The molecule has 0 aliphatic carbocycles. The molecule has 2 aliphatic rings. The van der Waals surface area contributed by atoms with Gasteiger partial charge in [0.15, 0.2) is 0 Å². The van der Waals surface area contributed by atoms with Crippen LogP contribution in [0.25, 0.3) is 6.08 Å². The van der Waals surface area contributed by atoms with E-state index in [1.807, 2.05) is 24.4 Å². The van der Waals surface area contributed by atoms with E-state index in [-0.39, 0.29) is 41.3 Å². The van der Waals surface area contributed by atoms with Gasteiger partial charge in [0.05, 0.1) is 15.8 Å². The molecule has 0 saturated carbocycles. The summed E-state index contributed by atoms with van der Waals surface area (Å²) in [7, 11) is 0. The van der Waals surface area contributed by atoms with E-state index in [9.17, 15) is 19.2 Å². The number of nitrogens with zero attached hydrogens (tertiary/aromatic N) is 1. The van der Waals surface area contributed by atoms with Crippen molar-refractivity contribution in [3.05, 3.63) is 51.1 Å². The van der Waals surface area contributed by atoms with Gasteiger partial charge in [0, 0.05) is 28.4 Å². The summed E-state index contributed by atoms with van der Waals surface area (Å²) < 4.78 is 0. The molecule has 4 rings (SSSR count). The fourth-order valence-electron chi connectivity index (χ4n) is 2.93. The number of anilines is 1. The maximum Gasteiger partial charge on any atom is 0.293 e. The SMILES string of the molecule is CC1Sc2ccc(C(=O)NCCN3C(=O)S/C(=C\c4cccs4)C3=O)cc2NC1=O. The molecule has 154 valence electrons. The van der Waals surface area contributed by atoms with Crippen molar-refractivity contribution < 1.29 is 19.2 Å². The lowest BCUT2D eigenvalue weighted by Gasteiger charge is -2.21. The van der Waals surface area contributed by atoms with E-state index in [2.05, 4.69) is 10.6 Å². The van der Waals surface area contributed by atoms with Gasteiger partial charge in [0.2, 0.25) is 5.91 Å². The Balaban J connectivity index is 1.35. The molecule has 0 bridgehead atoms. The van der Waals surface area contributed by atoms with E-state index in [4.69, 9.17) is 0 Å². The molecular formula is C20H17N3O4S3. The summed E-state index contributed by atoms with van der Waals surface area (Å²) in [6.07, 6.45) is 1.70. The van der Waals surface area contributed by atoms with Gasteiger partial charge in [-0.15, -0.1) is 23.1 Å². The molecule has 1 aromatic carbocycles. The van der Waals surface area contributed by atoms with Crippen LogP contribution < -0.4 is 10.6 Å². The van der Waals surface area contributed by atoms with E-state index < -0.39 is 0 Å². The maximum absolute atomic E-state index is 12.5. The van der Waals surface area contributed by atoms with Crippen LogP contribution in [-0.2, 0) is 9.59 Å². The van der Waals surface area contributed by atoms with Crippen LogP contribution in [-0.4, -0.2) is 46.2 Å². The highest BCUT2D eigenvalue weighted by molar-refractivity contribution is 8.18. The molecular weight excluding hydrogens is 442 g/mol. The Morgan fingerprint density at radius 1 is 1.27 bits per heavy atom. The molecule has 1 saturated heterocycles. The van der Waals surface area contributed by atoms with Gasteiger partial charge >= 0.3 is 0 Å². The minimum atomic E-state index is -0.352. The van der Waals surface area contributed by atoms with E-state index in [0.29, 0.717) is 16.2 Å². The number of rotatable bonds is 5. The average molecular weight is 460 g/mol. The first-order chi connectivity index (χ1) is 14.4. The van der Waals surface area contributed by atoms with E-state index >= 15 is 0 Å².